The molecule has 0 aromatic rings. The minimum absolute atomic E-state index is 0.353. The van der Waals surface area contributed by atoms with Crippen LogP contribution in [0.5, 0.6) is 0 Å². The first-order valence-electron chi connectivity index (χ1n) is 8.91. The predicted octanol–water partition coefficient (Wildman–Crippen LogP) is 3.79. The highest BCUT2D eigenvalue weighted by Gasteiger charge is 2.47. The van der Waals surface area contributed by atoms with Crippen LogP contribution >= 0.6 is 0 Å². The molecule has 116 valence electrons. The fourth-order valence-corrected chi connectivity index (χ4v) is 4.32. The van der Waals surface area contributed by atoms with Gasteiger partial charge in [0.1, 0.15) is 0 Å². The van der Waals surface area contributed by atoms with Crippen molar-refractivity contribution in [2.24, 2.45) is 23.0 Å². The molecule has 0 radical (unpaired) electrons. The highest BCUT2D eigenvalue weighted by molar-refractivity contribution is 5.03. The lowest BCUT2D eigenvalue weighted by Crippen LogP contribution is -2.57. The Balaban J connectivity index is 1.67. The molecule has 0 unspecified atom stereocenters. The van der Waals surface area contributed by atoms with Crippen molar-refractivity contribution in [1.29, 1.82) is 0 Å². The maximum absolute atomic E-state index is 6.31. The van der Waals surface area contributed by atoms with Gasteiger partial charge in [-0.05, 0) is 68.6 Å². The Labute approximate surface area is 125 Å². The molecule has 2 nitrogen and oxygen atoms in total. The van der Waals surface area contributed by atoms with Gasteiger partial charge in [-0.25, -0.2) is 0 Å². The third-order valence-electron chi connectivity index (χ3n) is 6.27. The molecule has 20 heavy (non-hydrogen) atoms. The van der Waals surface area contributed by atoms with E-state index in [1.165, 1.54) is 57.9 Å². The Kier molecular flexibility index (Phi) is 3.92. The van der Waals surface area contributed by atoms with Crippen LogP contribution in [0.1, 0.15) is 72.1 Å². The smallest absolute Gasteiger partial charge is 0.0335 e. The summed E-state index contributed by atoms with van der Waals surface area (Å²) in [6, 6.07) is 0.880. The van der Waals surface area contributed by atoms with Crippen molar-refractivity contribution in [2.75, 3.05) is 13.1 Å². The quantitative estimate of drug-likeness (QED) is 0.829. The first-order chi connectivity index (χ1) is 9.44. The van der Waals surface area contributed by atoms with E-state index in [4.69, 9.17) is 5.73 Å². The summed E-state index contributed by atoms with van der Waals surface area (Å²) in [6.45, 7) is 9.47. The van der Waals surface area contributed by atoms with Crippen molar-refractivity contribution < 1.29 is 0 Å². The third kappa shape index (κ3) is 3.06. The fourth-order valence-electron chi connectivity index (χ4n) is 4.32. The zero-order valence-corrected chi connectivity index (χ0v) is 13.8. The molecule has 2 heteroatoms. The summed E-state index contributed by atoms with van der Waals surface area (Å²) in [7, 11) is 0. The van der Waals surface area contributed by atoms with E-state index >= 15 is 0 Å². The second kappa shape index (κ2) is 5.28. The molecule has 3 rings (SSSR count). The normalized spacial score (nSPS) is 35.5. The number of hydrogen-bond acceptors (Lipinski definition) is 2. The molecule has 0 aromatic carbocycles. The Morgan fingerprint density at radius 3 is 2.00 bits per heavy atom. The van der Waals surface area contributed by atoms with Gasteiger partial charge >= 0.3 is 0 Å². The first kappa shape index (κ1) is 14.8. The molecule has 3 aliphatic rings. The summed E-state index contributed by atoms with van der Waals surface area (Å²) in [5, 5.41) is 0. The van der Waals surface area contributed by atoms with E-state index in [0.29, 0.717) is 11.0 Å². The lowest BCUT2D eigenvalue weighted by molar-refractivity contribution is 0.0121. The van der Waals surface area contributed by atoms with Gasteiger partial charge < -0.3 is 5.73 Å². The highest BCUT2D eigenvalue weighted by atomic mass is 15.3. The molecule has 2 N–H and O–H groups in total. The Morgan fingerprint density at radius 1 is 1.00 bits per heavy atom. The van der Waals surface area contributed by atoms with E-state index in [-0.39, 0.29) is 0 Å². The molecule has 3 aliphatic carbocycles. The molecular formula is C18H34N2. The average Bonchev–Trinajstić information content (AvgIpc) is 3.27. The molecule has 0 amide bonds. The third-order valence-corrected chi connectivity index (χ3v) is 6.27. The maximum atomic E-state index is 6.31. The summed E-state index contributed by atoms with van der Waals surface area (Å²) in [6.07, 6.45) is 11.2. The maximum Gasteiger partial charge on any atom is 0.0335 e. The van der Waals surface area contributed by atoms with Crippen molar-refractivity contribution in [2.45, 2.75) is 83.7 Å². The summed E-state index contributed by atoms with van der Waals surface area (Å²) in [5.41, 5.74) is 7.14. The van der Waals surface area contributed by atoms with Gasteiger partial charge in [-0.15, -0.1) is 0 Å². The van der Waals surface area contributed by atoms with Crippen molar-refractivity contribution in [1.82, 2.24) is 4.90 Å². The highest BCUT2D eigenvalue weighted by Crippen LogP contribution is 2.47. The number of nitrogens with zero attached hydrogens (tertiary/aromatic N) is 1. The molecule has 0 atom stereocenters. The average molecular weight is 278 g/mol. The predicted molar refractivity (Wildman–Crippen MR) is 85.7 cm³/mol. The molecule has 0 heterocycles. The van der Waals surface area contributed by atoms with Crippen LogP contribution in [0.4, 0.5) is 0 Å². The van der Waals surface area contributed by atoms with Gasteiger partial charge in [-0.3, -0.25) is 4.90 Å². The van der Waals surface area contributed by atoms with Crippen LogP contribution < -0.4 is 5.73 Å². The largest absolute Gasteiger partial charge is 0.329 e. The van der Waals surface area contributed by atoms with Crippen LogP contribution in [0.2, 0.25) is 0 Å². The summed E-state index contributed by atoms with van der Waals surface area (Å²) >= 11 is 0. The topological polar surface area (TPSA) is 29.3 Å². The fraction of sp³-hybridized carbons (Fsp3) is 1.00. The van der Waals surface area contributed by atoms with Gasteiger partial charge in [0.15, 0.2) is 0 Å². The first-order valence-corrected chi connectivity index (χ1v) is 8.91. The molecular weight excluding hydrogens is 244 g/mol. The number of nitrogens with two attached hydrogens (primary N) is 1. The molecule has 3 saturated carbocycles. The van der Waals surface area contributed by atoms with Crippen LogP contribution in [0, 0.1) is 17.3 Å². The Bertz CT molecular complexity index is 328. The van der Waals surface area contributed by atoms with Crippen LogP contribution in [0.15, 0.2) is 0 Å². The Morgan fingerprint density at radius 2 is 1.60 bits per heavy atom. The number of hydrogen-bond donors (Lipinski definition) is 1. The van der Waals surface area contributed by atoms with Crippen molar-refractivity contribution in [3.63, 3.8) is 0 Å². The lowest BCUT2D eigenvalue weighted by atomic mass is 9.66. The van der Waals surface area contributed by atoms with Crippen molar-refractivity contribution in [3.8, 4) is 0 Å². The van der Waals surface area contributed by atoms with E-state index in [1.807, 2.05) is 0 Å². The van der Waals surface area contributed by atoms with Crippen molar-refractivity contribution in [3.05, 3.63) is 0 Å². The van der Waals surface area contributed by atoms with Gasteiger partial charge in [-0.2, -0.15) is 0 Å². The SMILES string of the molecule is CC(C)(C)C1CCC(CN)(N(CC2CC2)C2CC2)CC1. The second-order valence-electron chi connectivity index (χ2n) is 8.90. The Hall–Kier alpha value is -0.0800. The van der Waals surface area contributed by atoms with E-state index in [2.05, 4.69) is 25.7 Å². The van der Waals surface area contributed by atoms with Crippen LogP contribution in [-0.2, 0) is 0 Å². The van der Waals surface area contributed by atoms with Crippen LogP contribution in [-0.4, -0.2) is 29.6 Å². The standard InChI is InChI=1S/C18H34N2/c1-17(2,3)15-8-10-18(13-19,11-9-15)20(16-6-7-16)12-14-4-5-14/h14-16H,4-13,19H2,1-3H3. The lowest BCUT2D eigenvalue weighted by Gasteiger charge is -2.50. The van der Waals surface area contributed by atoms with Gasteiger partial charge in [-0.1, -0.05) is 20.8 Å². The van der Waals surface area contributed by atoms with E-state index in [0.717, 1.165) is 24.4 Å². The summed E-state index contributed by atoms with van der Waals surface area (Å²) in [4.78, 5) is 2.88. The van der Waals surface area contributed by atoms with Crippen LogP contribution in [0.25, 0.3) is 0 Å². The van der Waals surface area contributed by atoms with Gasteiger partial charge in [0.2, 0.25) is 0 Å². The van der Waals surface area contributed by atoms with E-state index in [9.17, 15) is 0 Å². The molecule has 0 saturated heterocycles. The summed E-state index contributed by atoms with van der Waals surface area (Å²) < 4.78 is 0. The second-order valence-corrected chi connectivity index (χ2v) is 8.90. The van der Waals surface area contributed by atoms with E-state index < -0.39 is 0 Å². The zero-order valence-electron chi connectivity index (χ0n) is 13.8. The van der Waals surface area contributed by atoms with Gasteiger partial charge in [0, 0.05) is 24.7 Å². The molecule has 0 aromatic heterocycles. The molecule has 0 bridgehead atoms. The zero-order chi connectivity index (χ0) is 14.4. The van der Waals surface area contributed by atoms with Gasteiger partial charge in [0.25, 0.3) is 0 Å². The monoisotopic (exact) mass is 278 g/mol. The molecule has 0 aliphatic heterocycles. The minimum Gasteiger partial charge on any atom is -0.329 e. The van der Waals surface area contributed by atoms with E-state index in [1.54, 1.807) is 0 Å². The summed E-state index contributed by atoms with van der Waals surface area (Å²) in [5.74, 6) is 1.89. The number of rotatable bonds is 5. The van der Waals surface area contributed by atoms with Gasteiger partial charge in [0.05, 0.1) is 0 Å². The molecule has 3 fully saturated rings. The van der Waals surface area contributed by atoms with Crippen LogP contribution in [0.3, 0.4) is 0 Å². The molecule has 0 spiro atoms. The van der Waals surface area contributed by atoms with Crippen molar-refractivity contribution >= 4 is 0 Å². The minimum atomic E-state index is 0.353.